The number of rotatable bonds is 8. The van der Waals surface area contributed by atoms with Gasteiger partial charge in [-0.15, -0.1) is 0 Å². The largest absolute Gasteiger partial charge is 0.396 e. The SMILES string of the molecule is CC(C)(CCO)CNC(=O)CCNC(=O)C1CCCC1. The van der Waals surface area contributed by atoms with E-state index in [1.165, 1.54) is 0 Å². The van der Waals surface area contributed by atoms with E-state index in [0.29, 0.717) is 25.9 Å². The molecule has 5 heteroatoms. The number of carbonyl (C=O) groups is 2. The van der Waals surface area contributed by atoms with Gasteiger partial charge < -0.3 is 15.7 Å². The van der Waals surface area contributed by atoms with Crippen molar-refractivity contribution < 1.29 is 14.7 Å². The standard InChI is InChI=1S/C15H28N2O3/c1-15(2,8-10-18)11-17-13(19)7-9-16-14(20)12-5-3-4-6-12/h12,18H,3-11H2,1-2H3,(H,16,20)(H,17,19). The molecule has 116 valence electrons. The van der Waals surface area contributed by atoms with Crippen LogP contribution in [0.15, 0.2) is 0 Å². The summed E-state index contributed by atoms with van der Waals surface area (Å²) in [5.41, 5.74) is -0.0997. The molecule has 0 spiro atoms. The predicted octanol–water partition coefficient (Wildman–Crippen LogP) is 1.21. The summed E-state index contributed by atoms with van der Waals surface area (Å²) in [5, 5.41) is 14.6. The molecular weight excluding hydrogens is 256 g/mol. The van der Waals surface area contributed by atoms with Gasteiger partial charge >= 0.3 is 0 Å². The number of amides is 2. The molecule has 0 unspecified atom stereocenters. The van der Waals surface area contributed by atoms with Crippen molar-refractivity contribution >= 4 is 11.8 Å². The second-order valence-corrected chi connectivity index (χ2v) is 6.44. The molecule has 1 rings (SSSR count). The summed E-state index contributed by atoms with van der Waals surface area (Å²) in [5.74, 6) is 0.195. The molecule has 2 amide bonds. The summed E-state index contributed by atoms with van der Waals surface area (Å²) in [7, 11) is 0. The van der Waals surface area contributed by atoms with E-state index < -0.39 is 0 Å². The van der Waals surface area contributed by atoms with Gasteiger partial charge in [0.2, 0.25) is 11.8 Å². The fourth-order valence-electron chi connectivity index (χ4n) is 2.45. The van der Waals surface area contributed by atoms with E-state index in [0.717, 1.165) is 25.7 Å². The Kier molecular flexibility index (Phi) is 6.99. The van der Waals surface area contributed by atoms with Crippen LogP contribution in [0.4, 0.5) is 0 Å². The molecule has 0 aromatic heterocycles. The van der Waals surface area contributed by atoms with Crippen molar-refractivity contribution in [3.63, 3.8) is 0 Å². The van der Waals surface area contributed by atoms with Crippen LogP contribution in [0.3, 0.4) is 0 Å². The lowest BCUT2D eigenvalue weighted by Crippen LogP contribution is -2.37. The highest BCUT2D eigenvalue weighted by Crippen LogP contribution is 2.24. The first-order valence-electron chi connectivity index (χ1n) is 7.60. The van der Waals surface area contributed by atoms with E-state index >= 15 is 0 Å². The molecular formula is C15H28N2O3. The van der Waals surface area contributed by atoms with Gasteiger partial charge in [0.15, 0.2) is 0 Å². The van der Waals surface area contributed by atoms with Crippen LogP contribution in [0.25, 0.3) is 0 Å². The first kappa shape index (κ1) is 17.0. The van der Waals surface area contributed by atoms with Gasteiger partial charge in [-0.25, -0.2) is 0 Å². The molecule has 0 radical (unpaired) electrons. The minimum atomic E-state index is -0.0997. The molecule has 0 aliphatic heterocycles. The zero-order valence-corrected chi connectivity index (χ0v) is 12.7. The first-order valence-corrected chi connectivity index (χ1v) is 7.60. The van der Waals surface area contributed by atoms with Crippen LogP contribution in [-0.2, 0) is 9.59 Å². The summed E-state index contributed by atoms with van der Waals surface area (Å²) in [4.78, 5) is 23.4. The van der Waals surface area contributed by atoms with Crippen molar-refractivity contribution in [3.8, 4) is 0 Å². The molecule has 1 aliphatic rings. The molecule has 0 aromatic rings. The highest BCUT2D eigenvalue weighted by atomic mass is 16.3. The molecule has 5 nitrogen and oxygen atoms in total. The average Bonchev–Trinajstić information content (AvgIpc) is 2.90. The molecule has 1 saturated carbocycles. The van der Waals surface area contributed by atoms with Gasteiger partial charge in [-0.05, 0) is 24.7 Å². The van der Waals surface area contributed by atoms with E-state index in [-0.39, 0.29) is 29.8 Å². The van der Waals surface area contributed by atoms with Crippen molar-refractivity contribution in [1.29, 1.82) is 0 Å². The zero-order chi connectivity index (χ0) is 15.0. The minimum absolute atomic E-state index is 0.0530. The Morgan fingerprint density at radius 3 is 2.45 bits per heavy atom. The summed E-state index contributed by atoms with van der Waals surface area (Å²) in [6, 6.07) is 0. The first-order chi connectivity index (χ1) is 9.44. The van der Waals surface area contributed by atoms with E-state index in [9.17, 15) is 9.59 Å². The highest BCUT2D eigenvalue weighted by molar-refractivity contribution is 5.80. The lowest BCUT2D eigenvalue weighted by molar-refractivity contribution is -0.125. The van der Waals surface area contributed by atoms with Gasteiger partial charge in [-0.2, -0.15) is 0 Å². The Morgan fingerprint density at radius 2 is 1.85 bits per heavy atom. The maximum absolute atomic E-state index is 11.8. The lowest BCUT2D eigenvalue weighted by Gasteiger charge is -2.23. The molecule has 0 heterocycles. The molecule has 20 heavy (non-hydrogen) atoms. The maximum atomic E-state index is 11.8. The van der Waals surface area contributed by atoms with Gasteiger partial charge in [0.05, 0.1) is 0 Å². The Hall–Kier alpha value is -1.10. The molecule has 0 atom stereocenters. The zero-order valence-electron chi connectivity index (χ0n) is 12.7. The molecule has 0 bridgehead atoms. The van der Waals surface area contributed by atoms with Gasteiger partial charge in [-0.1, -0.05) is 26.7 Å². The smallest absolute Gasteiger partial charge is 0.223 e. The average molecular weight is 284 g/mol. The Labute approximate surface area is 121 Å². The summed E-state index contributed by atoms with van der Waals surface area (Å²) >= 11 is 0. The van der Waals surface area contributed by atoms with E-state index in [1.54, 1.807) is 0 Å². The number of aliphatic hydroxyl groups is 1. The van der Waals surface area contributed by atoms with Crippen LogP contribution in [0.5, 0.6) is 0 Å². The van der Waals surface area contributed by atoms with Crippen molar-refractivity contribution in [2.45, 2.75) is 52.4 Å². The minimum Gasteiger partial charge on any atom is -0.396 e. The molecule has 1 fully saturated rings. The highest BCUT2D eigenvalue weighted by Gasteiger charge is 2.22. The number of hydrogen-bond donors (Lipinski definition) is 3. The number of carbonyl (C=O) groups excluding carboxylic acids is 2. The summed E-state index contributed by atoms with van der Waals surface area (Å²) < 4.78 is 0. The molecule has 0 aromatic carbocycles. The van der Waals surface area contributed by atoms with Crippen LogP contribution < -0.4 is 10.6 Å². The maximum Gasteiger partial charge on any atom is 0.223 e. The third-order valence-electron chi connectivity index (χ3n) is 3.93. The van der Waals surface area contributed by atoms with Crippen molar-refractivity contribution in [2.24, 2.45) is 11.3 Å². The second-order valence-electron chi connectivity index (χ2n) is 6.44. The van der Waals surface area contributed by atoms with Crippen LogP contribution >= 0.6 is 0 Å². The quantitative estimate of drug-likeness (QED) is 0.627. The lowest BCUT2D eigenvalue weighted by atomic mass is 9.90. The van der Waals surface area contributed by atoms with E-state index in [2.05, 4.69) is 10.6 Å². The van der Waals surface area contributed by atoms with Crippen LogP contribution in [-0.4, -0.2) is 36.6 Å². The van der Waals surface area contributed by atoms with Gasteiger partial charge in [0.1, 0.15) is 0 Å². The Balaban J connectivity index is 2.12. The van der Waals surface area contributed by atoms with Crippen LogP contribution in [0.1, 0.15) is 52.4 Å². The van der Waals surface area contributed by atoms with E-state index in [1.807, 2.05) is 13.8 Å². The van der Waals surface area contributed by atoms with Crippen LogP contribution in [0.2, 0.25) is 0 Å². The molecule has 3 N–H and O–H groups in total. The monoisotopic (exact) mass is 284 g/mol. The van der Waals surface area contributed by atoms with Crippen molar-refractivity contribution in [1.82, 2.24) is 10.6 Å². The predicted molar refractivity (Wildman–Crippen MR) is 78.1 cm³/mol. The van der Waals surface area contributed by atoms with Crippen LogP contribution in [0, 0.1) is 11.3 Å². The number of nitrogens with one attached hydrogen (secondary N) is 2. The topological polar surface area (TPSA) is 78.4 Å². The normalized spacial score (nSPS) is 16.1. The van der Waals surface area contributed by atoms with Crippen molar-refractivity contribution in [2.75, 3.05) is 19.7 Å². The number of aliphatic hydroxyl groups excluding tert-OH is 1. The second kappa shape index (κ2) is 8.25. The fraction of sp³-hybridized carbons (Fsp3) is 0.867. The van der Waals surface area contributed by atoms with Gasteiger partial charge in [0.25, 0.3) is 0 Å². The Morgan fingerprint density at radius 1 is 1.20 bits per heavy atom. The number of hydrogen-bond acceptors (Lipinski definition) is 3. The summed E-state index contributed by atoms with van der Waals surface area (Å²) in [6.45, 7) is 5.08. The van der Waals surface area contributed by atoms with E-state index in [4.69, 9.17) is 5.11 Å². The third kappa shape index (κ3) is 6.37. The summed E-state index contributed by atoms with van der Waals surface area (Å²) in [6.07, 6.45) is 5.21. The van der Waals surface area contributed by atoms with Gasteiger partial charge in [-0.3, -0.25) is 9.59 Å². The molecule has 0 saturated heterocycles. The van der Waals surface area contributed by atoms with Gasteiger partial charge in [0, 0.05) is 32.0 Å². The van der Waals surface area contributed by atoms with Crippen molar-refractivity contribution in [3.05, 3.63) is 0 Å². The molecule has 1 aliphatic carbocycles. The fourth-order valence-corrected chi connectivity index (χ4v) is 2.45. The third-order valence-corrected chi connectivity index (χ3v) is 3.93. The Bertz CT molecular complexity index is 323.